The molecule has 144 valence electrons. The summed E-state index contributed by atoms with van der Waals surface area (Å²) in [6.45, 7) is 7.06. The Morgan fingerprint density at radius 1 is 1.16 bits per heavy atom. The van der Waals surface area contributed by atoms with Gasteiger partial charge in [-0.3, -0.25) is 0 Å². The summed E-state index contributed by atoms with van der Waals surface area (Å²) in [5.41, 5.74) is 3.56. The first-order valence-electron chi connectivity index (χ1n) is 11.2. The summed E-state index contributed by atoms with van der Waals surface area (Å²) in [4.78, 5) is 0. The molecule has 0 saturated heterocycles. The Kier molecular flexibility index (Phi) is 10.5. The van der Waals surface area contributed by atoms with Gasteiger partial charge in [0.1, 0.15) is 0 Å². The molecule has 2 unspecified atom stereocenters. The maximum Gasteiger partial charge on any atom is -0.0144 e. The molecule has 25 heavy (non-hydrogen) atoms. The molecule has 0 heterocycles. The normalized spacial score (nSPS) is 22.6. The number of rotatable bonds is 12. The highest BCUT2D eigenvalue weighted by Gasteiger charge is 2.17. The Labute approximate surface area is 160 Å². The van der Waals surface area contributed by atoms with Crippen LogP contribution >= 0.6 is 8.58 Å². The molecule has 0 aliphatic heterocycles. The van der Waals surface area contributed by atoms with Gasteiger partial charge in [0, 0.05) is 0 Å². The molecule has 0 bridgehead atoms. The van der Waals surface area contributed by atoms with E-state index in [2.05, 4.69) is 32.7 Å². The zero-order valence-electron chi connectivity index (χ0n) is 17.3. The molecule has 0 spiro atoms. The molecule has 0 radical (unpaired) electrons. The van der Waals surface area contributed by atoms with Crippen LogP contribution in [0, 0.1) is 17.8 Å². The Bertz CT molecular complexity index is 414. The van der Waals surface area contributed by atoms with Gasteiger partial charge in [-0.1, -0.05) is 69.2 Å². The minimum absolute atomic E-state index is 0.870. The van der Waals surface area contributed by atoms with Crippen molar-refractivity contribution < 1.29 is 0 Å². The summed E-state index contributed by atoms with van der Waals surface area (Å²) in [6.07, 6.45) is 25.1. The molecular formula is C24H43P. The van der Waals surface area contributed by atoms with Gasteiger partial charge < -0.3 is 0 Å². The fraction of sp³-hybridized carbons (Fsp3) is 0.833. The molecule has 2 aliphatic rings. The zero-order valence-corrected chi connectivity index (χ0v) is 18.3. The third-order valence-electron chi connectivity index (χ3n) is 6.39. The summed E-state index contributed by atoms with van der Waals surface area (Å²) in [5, 5.41) is 0. The van der Waals surface area contributed by atoms with E-state index in [1.54, 1.807) is 11.1 Å². The number of allylic oxidation sites excluding steroid dienone is 4. The lowest BCUT2D eigenvalue weighted by molar-refractivity contribution is 0.318. The number of hydrogen-bond donors (Lipinski definition) is 0. The lowest BCUT2D eigenvalue weighted by Gasteiger charge is -2.25. The van der Waals surface area contributed by atoms with E-state index < -0.39 is 0 Å². The fourth-order valence-electron chi connectivity index (χ4n) is 4.28. The second-order valence-electron chi connectivity index (χ2n) is 9.11. The third-order valence-corrected chi connectivity index (χ3v) is 7.19. The van der Waals surface area contributed by atoms with E-state index in [1.807, 2.05) is 0 Å². The van der Waals surface area contributed by atoms with E-state index in [0.717, 1.165) is 26.3 Å². The first kappa shape index (κ1) is 21.2. The molecular weight excluding hydrogens is 319 g/mol. The van der Waals surface area contributed by atoms with E-state index in [4.69, 9.17) is 0 Å². The molecule has 0 amide bonds. The van der Waals surface area contributed by atoms with Crippen molar-refractivity contribution >= 4 is 8.58 Å². The second-order valence-corrected chi connectivity index (χ2v) is 10.2. The van der Waals surface area contributed by atoms with E-state index in [9.17, 15) is 0 Å². The van der Waals surface area contributed by atoms with E-state index in [1.165, 1.54) is 89.6 Å². The first-order valence-corrected chi connectivity index (χ1v) is 12.9. The Morgan fingerprint density at radius 2 is 2.00 bits per heavy atom. The maximum absolute atomic E-state index is 2.67. The molecule has 1 fully saturated rings. The van der Waals surface area contributed by atoms with Crippen LogP contribution in [0.5, 0.6) is 0 Å². The van der Waals surface area contributed by atoms with Gasteiger partial charge in [-0.25, -0.2) is 0 Å². The van der Waals surface area contributed by atoms with Crippen LogP contribution in [0.1, 0.15) is 97.3 Å². The molecule has 0 nitrogen and oxygen atoms in total. The quantitative estimate of drug-likeness (QED) is 0.187. The SMILES string of the molecule is CPCC1=CCC(CC/C(=C/CC2CCC2)CCCCC(C)C)CC1. The van der Waals surface area contributed by atoms with Crippen molar-refractivity contribution in [2.75, 3.05) is 12.8 Å². The minimum Gasteiger partial charge on any atom is -0.121 e. The van der Waals surface area contributed by atoms with Gasteiger partial charge >= 0.3 is 0 Å². The lowest BCUT2D eigenvalue weighted by Crippen LogP contribution is -2.10. The minimum atomic E-state index is 0.870. The number of hydrogen-bond acceptors (Lipinski definition) is 0. The van der Waals surface area contributed by atoms with Crippen molar-refractivity contribution in [3.05, 3.63) is 23.3 Å². The highest BCUT2D eigenvalue weighted by molar-refractivity contribution is 7.37. The predicted octanol–water partition coefficient (Wildman–Crippen LogP) is 8.13. The summed E-state index contributed by atoms with van der Waals surface area (Å²) < 4.78 is 0. The summed E-state index contributed by atoms with van der Waals surface area (Å²) >= 11 is 0. The van der Waals surface area contributed by atoms with Crippen LogP contribution in [-0.4, -0.2) is 12.8 Å². The van der Waals surface area contributed by atoms with Crippen LogP contribution in [0.3, 0.4) is 0 Å². The number of unbranched alkanes of at least 4 members (excludes halogenated alkanes) is 1. The standard InChI is InChI=1S/C24H43P/c1-20(2)7-4-5-8-22(12-11-21-9-6-10-21)13-14-23-15-17-24(18-16-23)19-25-3/h12,17,20-21,23,25H,4-11,13-16,18-19H2,1-3H3/b22-12+. The molecule has 1 saturated carbocycles. The molecule has 0 aromatic heterocycles. The van der Waals surface area contributed by atoms with Crippen LogP contribution in [0.4, 0.5) is 0 Å². The summed E-state index contributed by atoms with van der Waals surface area (Å²) in [6, 6.07) is 0. The third kappa shape index (κ3) is 8.90. The maximum atomic E-state index is 2.67. The van der Waals surface area contributed by atoms with E-state index >= 15 is 0 Å². The van der Waals surface area contributed by atoms with Crippen molar-refractivity contribution in [1.29, 1.82) is 0 Å². The first-order chi connectivity index (χ1) is 12.2. The van der Waals surface area contributed by atoms with Crippen molar-refractivity contribution in [1.82, 2.24) is 0 Å². The Balaban J connectivity index is 1.72. The van der Waals surface area contributed by atoms with Crippen LogP contribution in [0.15, 0.2) is 23.3 Å². The Hall–Kier alpha value is -0.0900. The molecule has 0 N–H and O–H groups in total. The van der Waals surface area contributed by atoms with Crippen molar-refractivity contribution in [2.45, 2.75) is 97.3 Å². The molecule has 2 rings (SSSR count). The van der Waals surface area contributed by atoms with Gasteiger partial charge in [0.15, 0.2) is 0 Å². The van der Waals surface area contributed by atoms with Crippen molar-refractivity contribution in [3.63, 3.8) is 0 Å². The summed E-state index contributed by atoms with van der Waals surface area (Å²) in [7, 11) is 1.10. The fourth-order valence-corrected chi connectivity index (χ4v) is 5.05. The second kappa shape index (κ2) is 12.3. The van der Waals surface area contributed by atoms with E-state index in [0.29, 0.717) is 0 Å². The molecule has 2 aliphatic carbocycles. The predicted molar refractivity (Wildman–Crippen MR) is 117 cm³/mol. The van der Waals surface area contributed by atoms with Crippen LogP contribution < -0.4 is 0 Å². The molecule has 0 aromatic rings. The zero-order chi connectivity index (χ0) is 17.9. The molecule has 0 aromatic carbocycles. The molecule has 2 atom stereocenters. The largest absolute Gasteiger partial charge is 0.121 e. The van der Waals surface area contributed by atoms with Crippen LogP contribution in [0.25, 0.3) is 0 Å². The van der Waals surface area contributed by atoms with Gasteiger partial charge in [-0.05, 0) is 81.9 Å². The van der Waals surface area contributed by atoms with E-state index in [-0.39, 0.29) is 0 Å². The van der Waals surface area contributed by atoms with Crippen molar-refractivity contribution in [2.24, 2.45) is 17.8 Å². The highest BCUT2D eigenvalue weighted by Crippen LogP contribution is 2.33. The van der Waals surface area contributed by atoms with Gasteiger partial charge in [0.05, 0.1) is 0 Å². The van der Waals surface area contributed by atoms with Crippen LogP contribution in [-0.2, 0) is 0 Å². The average Bonchev–Trinajstić information content (AvgIpc) is 2.55. The van der Waals surface area contributed by atoms with Gasteiger partial charge in [-0.15, -0.1) is 8.58 Å². The van der Waals surface area contributed by atoms with Crippen molar-refractivity contribution in [3.8, 4) is 0 Å². The van der Waals surface area contributed by atoms with Gasteiger partial charge in [0.2, 0.25) is 0 Å². The lowest BCUT2D eigenvalue weighted by atomic mass is 9.81. The smallest absolute Gasteiger partial charge is 0.0144 e. The highest BCUT2D eigenvalue weighted by atomic mass is 31.1. The summed E-state index contributed by atoms with van der Waals surface area (Å²) in [5.74, 6) is 2.86. The average molecular weight is 363 g/mol. The van der Waals surface area contributed by atoms with Crippen LogP contribution in [0.2, 0.25) is 0 Å². The molecule has 1 heteroatoms. The van der Waals surface area contributed by atoms with Gasteiger partial charge in [0.25, 0.3) is 0 Å². The topological polar surface area (TPSA) is 0 Å². The monoisotopic (exact) mass is 362 g/mol. The Morgan fingerprint density at radius 3 is 2.60 bits per heavy atom. The van der Waals surface area contributed by atoms with Gasteiger partial charge in [-0.2, -0.15) is 0 Å².